The van der Waals surface area contributed by atoms with E-state index in [1.54, 1.807) is 0 Å². The molecule has 0 radical (unpaired) electrons. The molecule has 0 amide bonds. The maximum absolute atomic E-state index is 4.70. The van der Waals surface area contributed by atoms with Gasteiger partial charge in [0.25, 0.3) is 0 Å². The summed E-state index contributed by atoms with van der Waals surface area (Å²) >= 11 is 1.85. The average molecular weight is 293 g/mol. The van der Waals surface area contributed by atoms with Crippen molar-refractivity contribution in [1.82, 2.24) is 4.98 Å². The first kappa shape index (κ1) is 13.0. The van der Waals surface area contributed by atoms with E-state index in [0.717, 1.165) is 5.69 Å². The Hall–Kier alpha value is -1.67. The van der Waals surface area contributed by atoms with Crippen molar-refractivity contribution in [1.29, 1.82) is 0 Å². The van der Waals surface area contributed by atoms with Gasteiger partial charge in [-0.1, -0.05) is 39.8 Å². The highest BCUT2D eigenvalue weighted by Gasteiger charge is 2.35. The molecule has 21 heavy (non-hydrogen) atoms. The molecule has 2 heteroatoms. The summed E-state index contributed by atoms with van der Waals surface area (Å²) in [5.74, 6) is 0.544. The van der Waals surface area contributed by atoms with E-state index in [1.165, 1.54) is 32.3 Å². The fraction of sp³-hybridized carbons (Fsp3) is 0.316. The predicted octanol–water partition coefficient (Wildman–Crippen LogP) is 5.73. The molecule has 0 fully saturated rings. The summed E-state index contributed by atoms with van der Waals surface area (Å²) in [6.45, 7) is 9.22. The first-order chi connectivity index (χ1) is 10.00. The van der Waals surface area contributed by atoms with E-state index in [0.29, 0.717) is 5.92 Å². The van der Waals surface area contributed by atoms with Crippen LogP contribution in [0, 0.1) is 0 Å². The van der Waals surface area contributed by atoms with Gasteiger partial charge < -0.3 is 0 Å². The van der Waals surface area contributed by atoms with Gasteiger partial charge in [-0.25, -0.2) is 0 Å². The molecule has 2 aromatic heterocycles. The third-order valence-electron chi connectivity index (χ3n) is 4.71. The van der Waals surface area contributed by atoms with E-state index in [9.17, 15) is 0 Å². The third-order valence-corrected chi connectivity index (χ3v) is 5.95. The molecule has 1 nitrogen and oxygen atoms in total. The molecule has 1 aliphatic rings. The quantitative estimate of drug-likeness (QED) is 0.558. The second-order valence-electron chi connectivity index (χ2n) is 6.77. The zero-order chi connectivity index (χ0) is 14.8. The van der Waals surface area contributed by atoms with Gasteiger partial charge in [-0.3, -0.25) is 4.98 Å². The minimum absolute atomic E-state index is 0.0582. The number of nitrogens with zero attached hydrogens (tertiary/aromatic N) is 1. The molecular formula is C19H19NS. The Balaban J connectivity index is 2.20. The highest BCUT2D eigenvalue weighted by Crippen LogP contribution is 2.50. The highest BCUT2D eigenvalue weighted by atomic mass is 32.1. The van der Waals surface area contributed by atoms with Gasteiger partial charge in [0, 0.05) is 27.4 Å². The second-order valence-corrected chi connectivity index (χ2v) is 7.69. The first-order valence-electron chi connectivity index (χ1n) is 7.51. The molecular weight excluding hydrogens is 274 g/mol. The van der Waals surface area contributed by atoms with E-state index >= 15 is 0 Å². The summed E-state index contributed by atoms with van der Waals surface area (Å²) in [7, 11) is 0. The SMILES string of the molecule is CC(C)c1cc2c3c(nccc3c1)-c1ccsc1C2(C)C. The van der Waals surface area contributed by atoms with Gasteiger partial charge in [-0.05, 0) is 39.9 Å². The van der Waals surface area contributed by atoms with Gasteiger partial charge in [0.15, 0.2) is 0 Å². The summed E-state index contributed by atoms with van der Waals surface area (Å²) < 4.78 is 0. The van der Waals surface area contributed by atoms with Crippen LogP contribution < -0.4 is 0 Å². The topological polar surface area (TPSA) is 12.9 Å². The normalized spacial score (nSPS) is 15.5. The van der Waals surface area contributed by atoms with E-state index < -0.39 is 0 Å². The van der Waals surface area contributed by atoms with Gasteiger partial charge >= 0.3 is 0 Å². The number of benzene rings is 1. The van der Waals surface area contributed by atoms with Gasteiger partial charge in [0.2, 0.25) is 0 Å². The molecule has 0 N–H and O–H groups in total. The average Bonchev–Trinajstić information content (AvgIpc) is 2.94. The van der Waals surface area contributed by atoms with Gasteiger partial charge in [-0.2, -0.15) is 0 Å². The number of rotatable bonds is 1. The summed E-state index contributed by atoms with van der Waals surface area (Å²) in [5, 5.41) is 4.87. The van der Waals surface area contributed by atoms with Crippen molar-refractivity contribution in [2.45, 2.75) is 39.0 Å². The summed E-state index contributed by atoms with van der Waals surface area (Å²) in [6, 6.07) is 9.12. The fourth-order valence-corrected chi connectivity index (χ4v) is 4.51. The van der Waals surface area contributed by atoms with Crippen molar-refractivity contribution >= 4 is 22.1 Å². The van der Waals surface area contributed by atoms with Crippen LogP contribution in [0.4, 0.5) is 0 Å². The minimum Gasteiger partial charge on any atom is -0.256 e. The number of hydrogen-bond donors (Lipinski definition) is 0. The Morgan fingerprint density at radius 3 is 2.71 bits per heavy atom. The lowest BCUT2D eigenvalue weighted by Crippen LogP contribution is -2.22. The van der Waals surface area contributed by atoms with Crippen LogP contribution in [-0.4, -0.2) is 4.98 Å². The smallest absolute Gasteiger partial charge is 0.0794 e. The maximum atomic E-state index is 4.70. The van der Waals surface area contributed by atoms with Gasteiger partial charge in [0.05, 0.1) is 5.69 Å². The number of hydrogen-bond acceptors (Lipinski definition) is 2. The molecule has 0 bridgehead atoms. The van der Waals surface area contributed by atoms with Crippen LogP contribution in [0.2, 0.25) is 0 Å². The van der Waals surface area contributed by atoms with E-state index in [-0.39, 0.29) is 5.41 Å². The summed E-state index contributed by atoms with van der Waals surface area (Å²) in [5.41, 5.74) is 5.39. The van der Waals surface area contributed by atoms with Gasteiger partial charge in [0.1, 0.15) is 0 Å². The second kappa shape index (κ2) is 4.17. The molecule has 0 atom stereocenters. The molecule has 0 unspecified atom stereocenters. The molecule has 4 rings (SSSR count). The largest absolute Gasteiger partial charge is 0.256 e. The van der Waals surface area contributed by atoms with Crippen LogP contribution in [0.25, 0.3) is 22.0 Å². The van der Waals surface area contributed by atoms with E-state index in [4.69, 9.17) is 4.98 Å². The standard InChI is InChI=1S/C19H19NS/c1-11(2)13-9-12-5-7-20-17-14-6-8-21-18(14)19(3,4)15(10-13)16(12)17/h5-11H,1-4H3. The Kier molecular flexibility index (Phi) is 2.59. The van der Waals surface area contributed by atoms with E-state index in [1.807, 2.05) is 17.5 Å². The number of fused-ring (bicyclic) bond motifs is 2. The molecule has 1 aromatic carbocycles. The van der Waals surface area contributed by atoms with Crippen LogP contribution >= 0.6 is 11.3 Å². The molecule has 1 aliphatic carbocycles. The van der Waals surface area contributed by atoms with Crippen molar-refractivity contribution < 1.29 is 0 Å². The summed E-state index contributed by atoms with van der Waals surface area (Å²) in [4.78, 5) is 6.14. The number of pyridine rings is 1. The van der Waals surface area contributed by atoms with Crippen molar-refractivity contribution in [3.05, 3.63) is 51.8 Å². The fourth-order valence-electron chi connectivity index (χ4n) is 3.47. The molecule has 0 saturated carbocycles. The predicted molar refractivity (Wildman–Crippen MR) is 91.3 cm³/mol. The lowest BCUT2D eigenvalue weighted by atomic mass is 9.73. The van der Waals surface area contributed by atoms with E-state index in [2.05, 4.69) is 57.3 Å². The lowest BCUT2D eigenvalue weighted by molar-refractivity contribution is 0.657. The van der Waals surface area contributed by atoms with Crippen molar-refractivity contribution in [2.75, 3.05) is 0 Å². The zero-order valence-electron chi connectivity index (χ0n) is 12.9. The van der Waals surface area contributed by atoms with Crippen LogP contribution in [0.15, 0.2) is 35.8 Å². The Morgan fingerprint density at radius 1 is 1.14 bits per heavy atom. The minimum atomic E-state index is 0.0582. The Bertz CT molecular complexity index is 855. The monoisotopic (exact) mass is 293 g/mol. The Labute approximate surface area is 129 Å². The molecule has 0 spiro atoms. The van der Waals surface area contributed by atoms with Crippen molar-refractivity contribution in [3.63, 3.8) is 0 Å². The molecule has 0 aliphatic heterocycles. The van der Waals surface area contributed by atoms with Crippen LogP contribution in [0.3, 0.4) is 0 Å². The third kappa shape index (κ3) is 1.66. The first-order valence-corrected chi connectivity index (χ1v) is 8.39. The summed E-state index contributed by atoms with van der Waals surface area (Å²) in [6.07, 6.45) is 1.95. The van der Waals surface area contributed by atoms with Crippen LogP contribution in [0.1, 0.15) is 49.6 Å². The number of aromatic nitrogens is 1. The maximum Gasteiger partial charge on any atom is 0.0794 e. The number of thiophene rings is 1. The Morgan fingerprint density at radius 2 is 1.95 bits per heavy atom. The van der Waals surface area contributed by atoms with Crippen LogP contribution in [-0.2, 0) is 5.41 Å². The highest BCUT2D eigenvalue weighted by molar-refractivity contribution is 7.10. The zero-order valence-corrected chi connectivity index (χ0v) is 13.7. The molecule has 106 valence electrons. The van der Waals surface area contributed by atoms with Crippen molar-refractivity contribution in [3.8, 4) is 11.3 Å². The molecule has 3 aromatic rings. The lowest BCUT2D eigenvalue weighted by Gasteiger charge is -2.33. The molecule has 2 heterocycles. The molecule has 0 saturated heterocycles. The van der Waals surface area contributed by atoms with Crippen LogP contribution in [0.5, 0.6) is 0 Å². The van der Waals surface area contributed by atoms with Crippen molar-refractivity contribution in [2.24, 2.45) is 0 Å². The van der Waals surface area contributed by atoms with Gasteiger partial charge in [-0.15, -0.1) is 11.3 Å².